The number of halogens is 1. The van der Waals surface area contributed by atoms with Crippen molar-refractivity contribution in [2.75, 3.05) is 5.73 Å². The maximum absolute atomic E-state index is 13.4. The Bertz CT molecular complexity index is 764. The summed E-state index contributed by atoms with van der Waals surface area (Å²) >= 11 is 0. The van der Waals surface area contributed by atoms with Crippen molar-refractivity contribution < 1.29 is 4.39 Å². The molecule has 0 aliphatic heterocycles. The van der Waals surface area contributed by atoms with Crippen molar-refractivity contribution in [3.63, 3.8) is 0 Å². The highest BCUT2D eigenvalue weighted by atomic mass is 19.1. The van der Waals surface area contributed by atoms with Crippen molar-refractivity contribution in [1.82, 2.24) is 14.5 Å². The summed E-state index contributed by atoms with van der Waals surface area (Å²) in [6.45, 7) is 1.74. The topological polar surface area (TPSA) is 56.7 Å². The van der Waals surface area contributed by atoms with Gasteiger partial charge >= 0.3 is 0 Å². The zero-order chi connectivity index (χ0) is 14.1. The number of pyridine rings is 1. The van der Waals surface area contributed by atoms with Crippen LogP contribution in [0.5, 0.6) is 0 Å². The summed E-state index contributed by atoms with van der Waals surface area (Å²) in [6.07, 6.45) is 5.09. The number of anilines is 1. The van der Waals surface area contributed by atoms with Crippen LogP contribution in [0.15, 0.2) is 49.1 Å². The number of hydrogen-bond donors (Lipinski definition) is 1. The predicted octanol–water partition coefficient (Wildman–Crippen LogP) is 2.96. The van der Waals surface area contributed by atoms with Gasteiger partial charge in [0.1, 0.15) is 11.6 Å². The van der Waals surface area contributed by atoms with Gasteiger partial charge in [-0.25, -0.2) is 14.4 Å². The lowest BCUT2D eigenvalue weighted by molar-refractivity contribution is 0.618. The standard InChI is InChI=1S/C15H13FN4/c1-10-6-12(2-3-13(10)16)20-9-18-8-14(20)11-4-5-19-15(17)7-11/h2-9H,1H3,(H2,17,19). The van der Waals surface area contributed by atoms with E-state index < -0.39 is 0 Å². The Balaban J connectivity index is 2.12. The van der Waals surface area contributed by atoms with Gasteiger partial charge in [0, 0.05) is 17.4 Å². The number of aromatic nitrogens is 3. The maximum atomic E-state index is 13.4. The number of rotatable bonds is 2. The number of nitrogens with zero attached hydrogens (tertiary/aromatic N) is 3. The van der Waals surface area contributed by atoms with Crippen LogP contribution in [0, 0.1) is 12.7 Å². The third-order valence-electron chi connectivity index (χ3n) is 3.14. The summed E-state index contributed by atoms with van der Waals surface area (Å²) in [6, 6.07) is 8.60. The van der Waals surface area contributed by atoms with E-state index in [0.29, 0.717) is 11.4 Å². The average Bonchev–Trinajstić information content (AvgIpc) is 2.91. The van der Waals surface area contributed by atoms with Gasteiger partial charge < -0.3 is 5.73 Å². The molecule has 0 bridgehead atoms. The molecule has 0 amide bonds. The highest BCUT2D eigenvalue weighted by Gasteiger charge is 2.08. The largest absolute Gasteiger partial charge is 0.384 e. The first-order valence-corrected chi connectivity index (χ1v) is 6.16. The SMILES string of the molecule is Cc1cc(-n2cncc2-c2ccnc(N)c2)ccc1F. The molecule has 0 spiro atoms. The third-order valence-corrected chi connectivity index (χ3v) is 3.14. The first-order valence-electron chi connectivity index (χ1n) is 6.16. The van der Waals surface area contributed by atoms with E-state index in [9.17, 15) is 4.39 Å². The van der Waals surface area contributed by atoms with Crippen LogP contribution in [0.25, 0.3) is 16.9 Å². The molecule has 2 N–H and O–H groups in total. The highest BCUT2D eigenvalue weighted by molar-refractivity contribution is 5.64. The molecule has 5 heteroatoms. The molecule has 100 valence electrons. The molecule has 0 radical (unpaired) electrons. The van der Waals surface area contributed by atoms with E-state index in [0.717, 1.165) is 16.9 Å². The van der Waals surface area contributed by atoms with E-state index in [2.05, 4.69) is 9.97 Å². The van der Waals surface area contributed by atoms with Crippen molar-refractivity contribution in [2.45, 2.75) is 6.92 Å². The van der Waals surface area contributed by atoms with Gasteiger partial charge in [0.15, 0.2) is 0 Å². The molecule has 0 saturated carbocycles. The van der Waals surface area contributed by atoms with Crippen LogP contribution in [0.2, 0.25) is 0 Å². The van der Waals surface area contributed by atoms with Crippen molar-refractivity contribution >= 4 is 5.82 Å². The molecule has 0 fully saturated rings. The normalized spacial score (nSPS) is 10.7. The fourth-order valence-electron chi connectivity index (χ4n) is 2.10. The van der Waals surface area contributed by atoms with Crippen molar-refractivity contribution in [3.8, 4) is 16.9 Å². The molecule has 2 heterocycles. The predicted molar refractivity (Wildman–Crippen MR) is 75.9 cm³/mol. The fourth-order valence-corrected chi connectivity index (χ4v) is 2.10. The molecular formula is C15H13FN4. The van der Waals surface area contributed by atoms with E-state index in [4.69, 9.17) is 5.73 Å². The second-order valence-electron chi connectivity index (χ2n) is 4.55. The number of benzene rings is 1. The van der Waals surface area contributed by atoms with Gasteiger partial charge in [-0.15, -0.1) is 0 Å². The van der Waals surface area contributed by atoms with Crippen molar-refractivity contribution in [3.05, 3.63) is 60.4 Å². The van der Waals surface area contributed by atoms with Gasteiger partial charge in [-0.3, -0.25) is 4.57 Å². The number of hydrogen-bond acceptors (Lipinski definition) is 3. The molecule has 4 nitrogen and oxygen atoms in total. The molecule has 0 aliphatic rings. The van der Waals surface area contributed by atoms with E-state index >= 15 is 0 Å². The lowest BCUT2D eigenvalue weighted by atomic mass is 10.1. The minimum absolute atomic E-state index is 0.219. The first kappa shape index (κ1) is 12.3. The summed E-state index contributed by atoms with van der Waals surface area (Å²) in [5.41, 5.74) is 8.95. The van der Waals surface area contributed by atoms with Crippen LogP contribution in [0.3, 0.4) is 0 Å². The minimum Gasteiger partial charge on any atom is -0.384 e. The number of imidazole rings is 1. The average molecular weight is 268 g/mol. The summed E-state index contributed by atoms with van der Waals surface area (Å²) in [7, 11) is 0. The zero-order valence-corrected chi connectivity index (χ0v) is 10.9. The van der Waals surface area contributed by atoms with Gasteiger partial charge in [0.05, 0.1) is 18.2 Å². The fraction of sp³-hybridized carbons (Fsp3) is 0.0667. The van der Waals surface area contributed by atoms with Crippen LogP contribution >= 0.6 is 0 Å². The second kappa shape index (κ2) is 4.77. The lowest BCUT2D eigenvalue weighted by Crippen LogP contribution is -1.98. The third kappa shape index (κ3) is 2.14. The first-order chi connectivity index (χ1) is 9.65. The Kier molecular flexibility index (Phi) is 2.95. The quantitative estimate of drug-likeness (QED) is 0.777. The van der Waals surface area contributed by atoms with Crippen LogP contribution in [0.1, 0.15) is 5.56 Å². The van der Waals surface area contributed by atoms with Crippen LogP contribution in [0.4, 0.5) is 10.2 Å². The molecular weight excluding hydrogens is 255 g/mol. The number of nitrogen functional groups attached to an aromatic ring is 1. The van der Waals surface area contributed by atoms with E-state index in [1.54, 1.807) is 43.8 Å². The van der Waals surface area contributed by atoms with Crippen molar-refractivity contribution in [2.24, 2.45) is 0 Å². The molecule has 0 unspecified atom stereocenters. The molecule has 3 rings (SSSR count). The van der Waals surface area contributed by atoms with Crippen molar-refractivity contribution in [1.29, 1.82) is 0 Å². The Morgan fingerprint density at radius 2 is 2.05 bits per heavy atom. The summed E-state index contributed by atoms with van der Waals surface area (Å²) in [5, 5.41) is 0. The van der Waals surface area contributed by atoms with Crippen LogP contribution in [-0.2, 0) is 0 Å². The lowest BCUT2D eigenvalue weighted by Gasteiger charge is -2.09. The Hall–Kier alpha value is -2.69. The van der Waals surface area contributed by atoms with E-state index in [-0.39, 0.29) is 5.82 Å². The summed E-state index contributed by atoms with van der Waals surface area (Å²) in [5.74, 6) is 0.231. The van der Waals surface area contributed by atoms with Crippen LogP contribution < -0.4 is 5.73 Å². The van der Waals surface area contributed by atoms with Gasteiger partial charge in [-0.05, 0) is 42.8 Å². The van der Waals surface area contributed by atoms with Gasteiger partial charge in [-0.2, -0.15) is 0 Å². The van der Waals surface area contributed by atoms with E-state index in [1.807, 2.05) is 10.6 Å². The zero-order valence-electron chi connectivity index (χ0n) is 10.9. The Labute approximate surface area is 115 Å². The molecule has 3 aromatic rings. The molecule has 0 atom stereocenters. The second-order valence-corrected chi connectivity index (χ2v) is 4.55. The van der Waals surface area contributed by atoms with Crippen LogP contribution in [-0.4, -0.2) is 14.5 Å². The smallest absolute Gasteiger partial charge is 0.126 e. The number of aryl methyl sites for hydroxylation is 1. The monoisotopic (exact) mass is 268 g/mol. The van der Waals surface area contributed by atoms with Gasteiger partial charge in [-0.1, -0.05) is 0 Å². The summed E-state index contributed by atoms with van der Waals surface area (Å²) in [4.78, 5) is 8.14. The molecule has 2 aromatic heterocycles. The maximum Gasteiger partial charge on any atom is 0.126 e. The molecule has 0 saturated heterocycles. The van der Waals surface area contributed by atoms with E-state index in [1.165, 1.54) is 6.07 Å². The number of nitrogens with two attached hydrogens (primary N) is 1. The minimum atomic E-state index is -0.219. The van der Waals surface area contributed by atoms with Gasteiger partial charge in [0.2, 0.25) is 0 Å². The highest BCUT2D eigenvalue weighted by Crippen LogP contribution is 2.24. The molecule has 20 heavy (non-hydrogen) atoms. The van der Waals surface area contributed by atoms with Gasteiger partial charge in [0.25, 0.3) is 0 Å². The molecule has 0 aliphatic carbocycles. The summed E-state index contributed by atoms with van der Waals surface area (Å²) < 4.78 is 15.3. The Morgan fingerprint density at radius 3 is 2.80 bits per heavy atom. The Morgan fingerprint density at radius 1 is 1.20 bits per heavy atom. The molecule has 1 aromatic carbocycles.